The van der Waals surface area contributed by atoms with Gasteiger partial charge in [0.05, 0.1) is 0 Å². The van der Waals surface area contributed by atoms with E-state index in [0.717, 1.165) is 43.3 Å². The maximum atomic E-state index is 11.6. The molecule has 110 valence electrons. The number of rotatable bonds is 2. The fourth-order valence-corrected chi connectivity index (χ4v) is 2.93. The maximum Gasteiger partial charge on any atom is 0.219 e. The lowest BCUT2D eigenvalue weighted by atomic mass is 9.94. The predicted octanol–water partition coefficient (Wildman–Crippen LogP) is 2.30. The van der Waals surface area contributed by atoms with Crippen LogP contribution in [0.15, 0.2) is 30.6 Å². The van der Waals surface area contributed by atoms with E-state index in [0.29, 0.717) is 5.92 Å². The Labute approximate surface area is 124 Å². The van der Waals surface area contributed by atoms with Crippen LogP contribution >= 0.6 is 0 Å². The molecule has 21 heavy (non-hydrogen) atoms. The van der Waals surface area contributed by atoms with Gasteiger partial charge in [-0.3, -0.25) is 9.36 Å². The van der Waals surface area contributed by atoms with Gasteiger partial charge in [0, 0.05) is 44.0 Å². The number of amides is 1. The minimum Gasteiger partial charge on any atom is -0.342 e. The summed E-state index contributed by atoms with van der Waals surface area (Å²) in [5, 5.41) is 0. The second kappa shape index (κ2) is 5.68. The van der Waals surface area contributed by atoms with Gasteiger partial charge in [-0.05, 0) is 31.9 Å². The van der Waals surface area contributed by atoms with E-state index in [1.54, 1.807) is 13.1 Å². The maximum absolute atomic E-state index is 11.6. The molecule has 0 unspecified atom stereocenters. The number of hydrogen-bond donors (Lipinski definition) is 0. The average molecular weight is 284 g/mol. The molecule has 3 rings (SSSR count). The highest BCUT2D eigenvalue weighted by Gasteiger charge is 2.24. The van der Waals surface area contributed by atoms with Gasteiger partial charge in [0.25, 0.3) is 0 Å². The third-order valence-electron chi connectivity index (χ3n) is 4.11. The summed E-state index contributed by atoms with van der Waals surface area (Å²) in [6.07, 6.45) is 5.83. The monoisotopic (exact) mass is 284 g/mol. The van der Waals surface area contributed by atoms with Crippen LogP contribution in [0.25, 0.3) is 5.82 Å². The molecular weight excluding hydrogens is 264 g/mol. The smallest absolute Gasteiger partial charge is 0.219 e. The van der Waals surface area contributed by atoms with Crippen molar-refractivity contribution < 1.29 is 4.79 Å². The van der Waals surface area contributed by atoms with Gasteiger partial charge in [-0.2, -0.15) is 0 Å². The summed E-state index contributed by atoms with van der Waals surface area (Å²) in [5.74, 6) is 2.30. The first kappa shape index (κ1) is 13.8. The molecule has 0 spiro atoms. The number of carbonyl (C=O) groups is 1. The Morgan fingerprint density at radius 1 is 1.38 bits per heavy atom. The van der Waals surface area contributed by atoms with Crippen molar-refractivity contribution in [1.29, 1.82) is 0 Å². The van der Waals surface area contributed by atoms with E-state index in [9.17, 15) is 4.79 Å². The molecule has 1 saturated heterocycles. The SMILES string of the molecule is CC(=O)N1CCC[C@@H](c2cccc(-n3ccnc3C)n2)C1. The molecule has 1 atom stereocenters. The molecule has 0 N–H and O–H groups in total. The molecule has 1 aliphatic heterocycles. The Morgan fingerprint density at radius 3 is 2.95 bits per heavy atom. The number of hydrogen-bond acceptors (Lipinski definition) is 3. The largest absolute Gasteiger partial charge is 0.342 e. The van der Waals surface area contributed by atoms with Gasteiger partial charge >= 0.3 is 0 Å². The molecule has 2 aromatic rings. The number of aromatic nitrogens is 3. The van der Waals surface area contributed by atoms with Crippen molar-refractivity contribution in [2.75, 3.05) is 13.1 Å². The van der Waals surface area contributed by atoms with E-state index in [-0.39, 0.29) is 5.91 Å². The van der Waals surface area contributed by atoms with Gasteiger partial charge in [-0.1, -0.05) is 6.07 Å². The van der Waals surface area contributed by atoms with E-state index in [2.05, 4.69) is 11.1 Å². The van der Waals surface area contributed by atoms with Crippen LogP contribution in [0.3, 0.4) is 0 Å². The van der Waals surface area contributed by atoms with E-state index in [1.807, 2.05) is 34.7 Å². The number of carbonyl (C=O) groups excluding carboxylic acids is 1. The Hall–Kier alpha value is -2.17. The van der Waals surface area contributed by atoms with Crippen LogP contribution in [0.2, 0.25) is 0 Å². The molecular formula is C16H20N4O. The third-order valence-corrected chi connectivity index (χ3v) is 4.11. The number of pyridine rings is 1. The summed E-state index contributed by atoms with van der Waals surface area (Å²) in [6, 6.07) is 6.08. The first-order chi connectivity index (χ1) is 10.1. The van der Waals surface area contributed by atoms with Crippen molar-refractivity contribution in [2.45, 2.75) is 32.6 Å². The number of imidazole rings is 1. The molecule has 1 amide bonds. The highest BCUT2D eigenvalue weighted by molar-refractivity contribution is 5.73. The number of aryl methyl sites for hydroxylation is 1. The Kier molecular flexibility index (Phi) is 3.73. The van der Waals surface area contributed by atoms with Crippen LogP contribution in [0.5, 0.6) is 0 Å². The van der Waals surface area contributed by atoms with E-state index in [4.69, 9.17) is 4.98 Å². The quantitative estimate of drug-likeness (QED) is 0.850. The standard InChI is InChI=1S/C16H20N4O/c1-12-17-8-10-20(12)16-7-3-6-15(18-16)14-5-4-9-19(11-14)13(2)21/h3,6-8,10,14H,4-5,9,11H2,1-2H3/t14-/m1/s1. The molecule has 1 fully saturated rings. The summed E-state index contributed by atoms with van der Waals surface area (Å²) in [6.45, 7) is 5.24. The topological polar surface area (TPSA) is 51.0 Å². The lowest BCUT2D eigenvalue weighted by Crippen LogP contribution is -2.37. The lowest BCUT2D eigenvalue weighted by Gasteiger charge is -2.31. The first-order valence-corrected chi connectivity index (χ1v) is 7.38. The fourth-order valence-electron chi connectivity index (χ4n) is 2.93. The zero-order valence-electron chi connectivity index (χ0n) is 12.5. The van der Waals surface area contributed by atoms with Gasteiger partial charge in [0.2, 0.25) is 5.91 Å². The number of piperidine rings is 1. The van der Waals surface area contributed by atoms with Gasteiger partial charge in [0.15, 0.2) is 0 Å². The highest BCUT2D eigenvalue weighted by Crippen LogP contribution is 2.26. The Bertz CT molecular complexity index is 649. The lowest BCUT2D eigenvalue weighted by molar-refractivity contribution is -0.130. The third kappa shape index (κ3) is 2.82. The summed E-state index contributed by atoms with van der Waals surface area (Å²) < 4.78 is 1.98. The molecule has 3 heterocycles. The minimum absolute atomic E-state index is 0.154. The van der Waals surface area contributed by atoms with Crippen molar-refractivity contribution >= 4 is 5.91 Å². The molecule has 0 aromatic carbocycles. The normalized spacial score (nSPS) is 18.8. The number of nitrogens with zero attached hydrogens (tertiary/aromatic N) is 4. The van der Waals surface area contributed by atoms with E-state index < -0.39 is 0 Å². The molecule has 5 heteroatoms. The zero-order valence-corrected chi connectivity index (χ0v) is 12.5. The molecule has 0 saturated carbocycles. The first-order valence-electron chi connectivity index (χ1n) is 7.38. The summed E-state index contributed by atoms with van der Waals surface area (Å²) >= 11 is 0. The van der Waals surface area contributed by atoms with Gasteiger partial charge in [0.1, 0.15) is 11.6 Å². The fraction of sp³-hybridized carbons (Fsp3) is 0.438. The van der Waals surface area contributed by atoms with Crippen LogP contribution in [0.4, 0.5) is 0 Å². The predicted molar refractivity (Wildman–Crippen MR) is 80.3 cm³/mol. The van der Waals surface area contributed by atoms with Crippen LogP contribution < -0.4 is 0 Å². The summed E-state index contributed by atoms with van der Waals surface area (Å²) in [7, 11) is 0. The van der Waals surface area contributed by atoms with Crippen LogP contribution in [0.1, 0.15) is 37.2 Å². The van der Waals surface area contributed by atoms with Crippen molar-refractivity contribution in [3.63, 3.8) is 0 Å². The summed E-state index contributed by atoms with van der Waals surface area (Å²) in [5.41, 5.74) is 1.06. The second-order valence-electron chi connectivity index (χ2n) is 5.57. The zero-order chi connectivity index (χ0) is 14.8. The second-order valence-corrected chi connectivity index (χ2v) is 5.57. The molecule has 2 aromatic heterocycles. The van der Waals surface area contributed by atoms with Gasteiger partial charge in [-0.15, -0.1) is 0 Å². The van der Waals surface area contributed by atoms with Crippen LogP contribution in [-0.2, 0) is 4.79 Å². The van der Waals surface area contributed by atoms with Crippen molar-refractivity contribution in [1.82, 2.24) is 19.4 Å². The van der Waals surface area contributed by atoms with E-state index in [1.165, 1.54) is 0 Å². The molecule has 0 bridgehead atoms. The number of likely N-dealkylation sites (tertiary alicyclic amines) is 1. The van der Waals surface area contributed by atoms with Gasteiger partial charge < -0.3 is 4.90 Å². The average Bonchev–Trinajstić information content (AvgIpc) is 2.94. The molecule has 0 aliphatic carbocycles. The molecule has 0 radical (unpaired) electrons. The van der Waals surface area contributed by atoms with Crippen molar-refractivity contribution in [3.05, 3.63) is 42.1 Å². The van der Waals surface area contributed by atoms with Crippen molar-refractivity contribution in [2.24, 2.45) is 0 Å². The Balaban J connectivity index is 1.86. The van der Waals surface area contributed by atoms with Gasteiger partial charge in [-0.25, -0.2) is 9.97 Å². The van der Waals surface area contributed by atoms with Crippen molar-refractivity contribution in [3.8, 4) is 5.82 Å². The molecule has 5 nitrogen and oxygen atoms in total. The highest BCUT2D eigenvalue weighted by atomic mass is 16.2. The summed E-state index contributed by atoms with van der Waals surface area (Å²) in [4.78, 5) is 22.5. The van der Waals surface area contributed by atoms with Crippen LogP contribution in [0, 0.1) is 6.92 Å². The Morgan fingerprint density at radius 2 is 2.24 bits per heavy atom. The molecule has 1 aliphatic rings. The van der Waals surface area contributed by atoms with E-state index >= 15 is 0 Å². The minimum atomic E-state index is 0.154. The van der Waals surface area contributed by atoms with Crippen LogP contribution in [-0.4, -0.2) is 38.4 Å².